The molecule has 0 radical (unpaired) electrons. The molecule has 138 valence electrons. The van der Waals surface area contributed by atoms with E-state index in [1.807, 2.05) is 0 Å². The molecule has 0 aliphatic carbocycles. The molecule has 0 bridgehead atoms. The van der Waals surface area contributed by atoms with Crippen molar-refractivity contribution < 1.29 is 23.1 Å². The number of rotatable bonds is 7. The van der Waals surface area contributed by atoms with Crippen LogP contribution in [0.3, 0.4) is 0 Å². The Morgan fingerprint density at radius 2 is 1.92 bits per heavy atom. The van der Waals surface area contributed by atoms with Crippen LogP contribution >= 0.6 is 11.8 Å². The van der Waals surface area contributed by atoms with E-state index in [2.05, 4.69) is 21.2 Å². The normalized spacial score (nSPS) is 10.3. The smallest absolute Gasteiger partial charge is 0.290 e. The standard InChI is InChI=1S/C16H16F2N4O3S/c1-25-11-6-4-10(5-7-11)20-9-13(23)21-22-14(24)12-3-2-8-19-15(12)26-16(17)18/h2-8,16,20H,9H2,1H3,(H,21,23)(H,22,24). The van der Waals surface area contributed by atoms with Gasteiger partial charge in [-0.1, -0.05) is 0 Å². The van der Waals surface area contributed by atoms with Crippen molar-refractivity contribution >= 4 is 29.3 Å². The van der Waals surface area contributed by atoms with Crippen LogP contribution < -0.4 is 20.9 Å². The molecule has 0 fully saturated rings. The van der Waals surface area contributed by atoms with Crippen molar-refractivity contribution in [1.82, 2.24) is 15.8 Å². The quantitative estimate of drug-likeness (QED) is 0.503. The molecule has 2 rings (SSSR count). The summed E-state index contributed by atoms with van der Waals surface area (Å²) in [6, 6.07) is 9.70. The molecule has 0 aliphatic heterocycles. The van der Waals surface area contributed by atoms with Gasteiger partial charge in [-0.3, -0.25) is 20.4 Å². The predicted molar refractivity (Wildman–Crippen MR) is 93.2 cm³/mol. The number of nitrogens with zero attached hydrogens (tertiary/aromatic N) is 1. The highest BCUT2D eigenvalue weighted by atomic mass is 32.2. The van der Waals surface area contributed by atoms with Gasteiger partial charge in [0.25, 0.3) is 17.6 Å². The van der Waals surface area contributed by atoms with Gasteiger partial charge in [-0.05, 0) is 48.2 Å². The van der Waals surface area contributed by atoms with Crippen molar-refractivity contribution in [2.24, 2.45) is 0 Å². The van der Waals surface area contributed by atoms with Gasteiger partial charge in [0.1, 0.15) is 10.8 Å². The lowest BCUT2D eigenvalue weighted by Crippen LogP contribution is -2.44. The lowest BCUT2D eigenvalue weighted by molar-refractivity contribution is -0.120. The van der Waals surface area contributed by atoms with Gasteiger partial charge in [-0.2, -0.15) is 8.78 Å². The summed E-state index contributed by atoms with van der Waals surface area (Å²) in [5.74, 6) is -3.28. The summed E-state index contributed by atoms with van der Waals surface area (Å²) in [4.78, 5) is 27.6. The zero-order valence-electron chi connectivity index (χ0n) is 13.7. The highest BCUT2D eigenvalue weighted by molar-refractivity contribution is 7.99. The Bertz CT molecular complexity index is 759. The van der Waals surface area contributed by atoms with Crippen LogP contribution in [0.15, 0.2) is 47.6 Å². The Hall–Kier alpha value is -2.88. The van der Waals surface area contributed by atoms with Crippen molar-refractivity contribution in [3.8, 4) is 5.75 Å². The second kappa shape index (κ2) is 9.56. The Morgan fingerprint density at radius 1 is 1.19 bits per heavy atom. The maximum atomic E-state index is 12.5. The summed E-state index contributed by atoms with van der Waals surface area (Å²) in [5, 5.41) is 2.74. The molecule has 0 saturated carbocycles. The number of alkyl halides is 2. The van der Waals surface area contributed by atoms with E-state index in [1.54, 1.807) is 31.4 Å². The third-order valence-corrected chi connectivity index (χ3v) is 3.80. The van der Waals surface area contributed by atoms with Crippen LogP contribution in [-0.4, -0.2) is 36.2 Å². The molecule has 1 aromatic carbocycles. The first-order valence-electron chi connectivity index (χ1n) is 7.36. The molecule has 2 aromatic rings. The molecule has 10 heteroatoms. The number of benzene rings is 1. The molecule has 0 spiro atoms. The first kappa shape index (κ1) is 19.4. The van der Waals surface area contributed by atoms with Gasteiger partial charge in [0.2, 0.25) is 0 Å². The maximum Gasteiger partial charge on any atom is 0.290 e. The number of carbonyl (C=O) groups is 2. The van der Waals surface area contributed by atoms with Crippen LogP contribution in [0, 0.1) is 0 Å². The Balaban J connectivity index is 1.84. The van der Waals surface area contributed by atoms with Gasteiger partial charge in [0.05, 0.1) is 19.2 Å². The highest BCUT2D eigenvalue weighted by Crippen LogP contribution is 2.26. The Morgan fingerprint density at radius 3 is 2.58 bits per heavy atom. The van der Waals surface area contributed by atoms with Crippen LogP contribution in [0.25, 0.3) is 0 Å². The van der Waals surface area contributed by atoms with Crippen molar-refractivity contribution in [1.29, 1.82) is 0 Å². The average Bonchev–Trinajstić information content (AvgIpc) is 2.64. The van der Waals surface area contributed by atoms with E-state index in [1.165, 1.54) is 18.3 Å². The van der Waals surface area contributed by atoms with Crippen LogP contribution in [0.5, 0.6) is 5.75 Å². The van der Waals surface area contributed by atoms with Crippen LogP contribution in [-0.2, 0) is 4.79 Å². The zero-order chi connectivity index (χ0) is 18.9. The van der Waals surface area contributed by atoms with E-state index in [4.69, 9.17) is 4.74 Å². The number of halogens is 2. The molecule has 0 aliphatic rings. The Labute approximate surface area is 152 Å². The van der Waals surface area contributed by atoms with Crippen molar-refractivity contribution in [2.45, 2.75) is 10.8 Å². The number of aromatic nitrogens is 1. The van der Waals surface area contributed by atoms with E-state index in [0.717, 1.165) is 0 Å². The van der Waals surface area contributed by atoms with E-state index >= 15 is 0 Å². The van der Waals surface area contributed by atoms with E-state index in [-0.39, 0.29) is 28.9 Å². The third-order valence-electron chi connectivity index (χ3n) is 3.08. The second-order valence-electron chi connectivity index (χ2n) is 4.82. The molecule has 3 N–H and O–H groups in total. The van der Waals surface area contributed by atoms with Crippen LogP contribution in [0.1, 0.15) is 10.4 Å². The van der Waals surface area contributed by atoms with Crippen LogP contribution in [0.4, 0.5) is 14.5 Å². The maximum absolute atomic E-state index is 12.5. The Kier molecular flexibility index (Phi) is 7.15. The fourth-order valence-electron chi connectivity index (χ4n) is 1.87. The molecule has 1 aromatic heterocycles. The zero-order valence-corrected chi connectivity index (χ0v) is 14.5. The molecular formula is C16H16F2N4O3S. The number of thioether (sulfide) groups is 1. The average molecular weight is 382 g/mol. The topological polar surface area (TPSA) is 92.4 Å². The molecule has 0 saturated heterocycles. The minimum Gasteiger partial charge on any atom is -0.497 e. The van der Waals surface area contributed by atoms with Gasteiger partial charge >= 0.3 is 0 Å². The minimum absolute atomic E-state index is 0.0544. The van der Waals surface area contributed by atoms with Gasteiger partial charge < -0.3 is 10.1 Å². The first-order chi connectivity index (χ1) is 12.5. The third kappa shape index (κ3) is 5.88. The summed E-state index contributed by atoms with van der Waals surface area (Å²) in [6.07, 6.45) is 1.30. The van der Waals surface area contributed by atoms with Gasteiger partial charge in [-0.25, -0.2) is 4.98 Å². The molecule has 0 unspecified atom stereocenters. The number of ether oxygens (including phenoxy) is 1. The number of hydrogen-bond acceptors (Lipinski definition) is 6. The van der Waals surface area contributed by atoms with Gasteiger partial charge in [0.15, 0.2) is 0 Å². The number of hydrogen-bond donors (Lipinski definition) is 3. The van der Waals surface area contributed by atoms with E-state index in [9.17, 15) is 18.4 Å². The molecule has 7 nitrogen and oxygen atoms in total. The second-order valence-corrected chi connectivity index (χ2v) is 5.80. The lowest BCUT2D eigenvalue weighted by atomic mass is 10.3. The monoisotopic (exact) mass is 382 g/mol. The number of carbonyl (C=O) groups excluding carboxylic acids is 2. The molecule has 26 heavy (non-hydrogen) atoms. The number of amides is 2. The molecule has 0 atom stereocenters. The number of hydrazine groups is 1. The fourth-order valence-corrected chi connectivity index (χ4v) is 2.45. The number of anilines is 1. The van der Waals surface area contributed by atoms with Crippen molar-refractivity contribution in [2.75, 3.05) is 19.0 Å². The van der Waals surface area contributed by atoms with Crippen molar-refractivity contribution in [3.63, 3.8) is 0 Å². The van der Waals surface area contributed by atoms with Gasteiger partial charge in [-0.15, -0.1) is 0 Å². The van der Waals surface area contributed by atoms with Gasteiger partial charge in [0, 0.05) is 11.9 Å². The molecular weight excluding hydrogens is 366 g/mol. The number of nitrogens with one attached hydrogen (secondary N) is 3. The molecule has 1 heterocycles. The summed E-state index contributed by atoms with van der Waals surface area (Å²) in [5.41, 5.74) is 5.01. The first-order valence-corrected chi connectivity index (χ1v) is 8.24. The lowest BCUT2D eigenvalue weighted by Gasteiger charge is -2.11. The summed E-state index contributed by atoms with van der Waals surface area (Å²) < 4.78 is 30.0. The van der Waals surface area contributed by atoms with E-state index in [0.29, 0.717) is 11.4 Å². The van der Waals surface area contributed by atoms with E-state index < -0.39 is 17.6 Å². The summed E-state index contributed by atoms with van der Waals surface area (Å²) in [7, 11) is 1.55. The van der Waals surface area contributed by atoms with Crippen molar-refractivity contribution in [3.05, 3.63) is 48.2 Å². The number of pyridine rings is 1. The summed E-state index contributed by atoms with van der Waals surface area (Å²) in [6.45, 7) is -0.0989. The largest absolute Gasteiger partial charge is 0.497 e. The fraction of sp³-hybridized carbons (Fsp3) is 0.188. The minimum atomic E-state index is -2.71. The number of methoxy groups -OCH3 is 1. The molecule has 2 amide bonds. The summed E-state index contributed by atoms with van der Waals surface area (Å²) >= 11 is 0.158. The SMILES string of the molecule is COc1ccc(NCC(=O)NNC(=O)c2cccnc2SC(F)F)cc1. The highest BCUT2D eigenvalue weighted by Gasteiger charge is 2.17. The predicted octanol–water partition coefficient (Wildman–Crippen LogP) is 2.28. The van der Waals surface area contributed by atoms with Crippen LogP contribution in [0.2, 0.25) is 0 Å².